The average Bonchev–Trinajstić information content (AvgIpc) is 2.72. The number of nitrogens with zero attached hydrogens (tertiary/aromatic N) is 1. The summed E-state index contributed by atoms with van der Waals surface area (Å²) in [5.74, 6) is 0. The fourth-order valence-corrected chi connectivity index (χ4v) is 4.98. The number of rotatable bonds is 3. The Kier molecular flexibility index (Phi) is 4.20. The molecular weight excluding hydrogens is 396 g/mol. The topological polar surface area (TPSA) is 59.1 Å². The summed E-state index contributed by atoms with van der Waals surface area (Å²) >= 11 is 5.12. The van der Waals surface area contributed by atoms with Gasteiger partial charge >= 0.3 is 0 Å². The van der Waals surface area contributed by atoms with Crippen LogP contribution in [-0.2, 0) is 10.0 Å². The molecule has 2 aromatic heterocycles. The zero-order chi connectivity index (χ0) is 16.8. The van der Waals surface area contributed by atoms with Gasteiger partial charge in [-0.2, -0.15) is 0 Å². The molecule has 0 saturated heterocycles. The highest BCUT2D eigenvalue weighted by atomic mass is 79.9. The predicted molar refractivity (Wildman–Crippen MR) is 101 cm³/mol. The highest BCUT2D eigenvalue weighted by Gasteiger charge is 2.19. The molecule has 0 fully saturated rings. The quantitative estimate of drug-likeness (QED) is 0.679. The van der Waals surface area contributed by atoms with E-state index in [1.807, 2.05) is 32.0 Å². The standard InChI is InChI=1S/C16H15BrN2O2S2/c1-9-5-4-6-11(7-9)13-14-12(19-23(3,20)21)8-10(2)18-16(14)22-15(13)17/h4-8H,1-3H3,(H,18,19). The zero-order valence-electron chi connectivity index (χ0n) is 12.8. The minimum absolute atomic E-state index is 0.563. The minimum Gasteiger partial charge on any atom is -0.283 e. The van der Waals surface area contributed by atoms with Crippen LogP contribution in [-0.4, -0.2) is 19.7 Å². The summed E-state index contributed by atoms with van der Waals surface area (Å²) in [6.07, 6.45) is 1.16. The van der Waals surface area contributed by atoms with E-state index in [1.54, 1.807) is 6.07 Å². The first-order valence-electron chi connectivity index (χ1n) is 6.89. The summed E-state index contributed by atoms with van der Waals surface area (Å²) < 4.78 is 27.0. The molecule has 0 spiro atoms. The molecule has 1 N–H and O–H groups in total. The second kappa shape index (κ2) is 5.89. The summed E-state index contributed by atoms with van der Waals surface area (Å²) in [6, 6.07) is 9.89. The molecule has 0 radical (unpaired) electrons. The Morgan fingerprint density at radius 1 is 1.22 bits per heavy atom. The largest absolute Gasteiger partial charge is 0.283 e. The maximum atomic E-state index is 11.7. The van der Waals surface area contributed by atoms with Crippen LogP contribution in [0, 0.1) is 13.8 Å². The van der Waals surface area contributed by atoms with Gasteiger partial charge in [0.1, 0.15) is 4.83 Å². The minimum atomic E-state index is -3.37. The average molecular weight is 411 g/mol. The zero-order valence-corrected chi connectivity index (χ0v) is 16.1. The van der Waals surface area contributed by atoms with Crippen molar-refractivity contribution in [2.75, 3.05) is 11.0 Å². The number of pyridine rings is 1. The van der Waals surface area contributed by atoms with Crippen LogP contribution in [0.2, 0.25) is 0 Å². The molecule has 3 aromatic rings. The van der Waals surface area contributed by atoms with Crippen molar-refractivity contribution in [3.05, 3.63) is 45.4 Å². The molecular formula is C16H15BrN2O2S2. The van der Waals surface area contributed by atoms with Gasteiger partial charge in [0.25, 0.3) is 0 Å². The maximum absolute atomic E-state index is 11.7. The maximum Gasteiger partial charge on any atom is 0.229 e. The van der Waals surface area contributed by atoms with Crippen molar-refractivity contribution in [3.63, 3.8) is 0 Å². The fraction of sp³-hybridized carbons (Fsp3) is 0.188. The van der Waals surface area contributed by atoms with E-state index in [2.05, 4.69) is 31.7 Å². The molecule has 0 unspecified atom stereocenters. The molecule has 0 aliphatic rings. The number of hydrogen-bond donors (Lipinski definition) is 1. The first kappa shape index (κ1) is 16.4. The van der Waals surface area contributed by atoms with Gasteiger partial charge in [0.15, 0.2) is 0 Å². The SMILES string of the molecule is Cc1cccc(-c2c(Br)sc3nc(C)cc(NS(C)(=O)=O)c23)c1. The summed E-state index contributed by atoms with van der Waals surface area (Å²) in [6.45, 7) is 3.89. The number of aryl methyl sites for hydroxylation is 2. The third-order valence-electron chi connectivity index (χ3n) is 3.35. The van der Waals surface area contributed by atoms with Gasteiger partial charge in [-0.05, 0) is 41.4 Å². The monoisotopic (exact) mass is 410 g/mol. The molecule has 3 rings (SSSR count). The van der Waals surface area contributed by atoms with E-state index >= 15 is 0 Å². The van der Waals surface area contributed by atoms with Crippen molar-refractivity contribution in [1.29, 1.82) is 0 Å². The lowest BCUT2D eigenvalue weighted by molar-refractivity contribution is 0.607. The highest BCUT2D eigenvalue weighted by molar-refractivity contribution is 9.11. The third-order valence-corrected chi connectivity index (χ3v) is 5.69. The molecule has 1 aromatic carbocycles. The van der Waals surface area contributed by atoms with E-state index in [-0.39, 0.29) is 0 Å². The molecule has 7 heteroatoms. The Morgan fingerprint density at radius 3 is 2.61 bits per heavy atom. The third kappa shape index (κ3) is 3.41. The molecule has 4 nitrogen and oxygen atoms in total. The van der Waals surface area contributed by atoms with Gasteiger partial charge in [-0.15, -0.1) is 11.3 Å². The summed E-state index contributed by atoms with van der Waals surface area (Å²) in [5, 5.41) is 0.823. The van der Waals surface area contributed by atoms with Crippen molar-refractivity contribution < 1.29 is 8.42 Å². The fourth-order valence-electron chi connectivity index (χ4n) is 2.53. The van der Waals surface area contributed by atoms with Crippen LogP contribution in [0.15, 0.2) is 34.1 Å². The Morgan fingerprint density at radius 2 is 1.96 bits per heavy atom. The van der Waals surface area contributed by atoms with Gasteiger partial charge in [-0.25, -0.2) is 13.4 Å². The van der Waals surface area contributed by atoms with Gasteiger partial charge in [-0.3, -0.25) is 4.72 Å². The van der Waals surface area contributed by atoms with E-state index in [9.17, 15) is 8.42 Å². The molecule has 2 heterocycles. The van der Waals surface area contributed by atoms with Crippen molar-refractivity contribution in [2.24, 2.45) is 0 Å². The Bertz CT molecular complexity index is 1010. The lowest BCUT2D eigenvalue weighted by Gasteiger charge is -2.09. The number of thiophene rings is 1. The second-order valence-electron chi connectivity index (χ2n) is 5.49. The van der Waals surface area contributed by atoms with Crippen LogP contribution in [0.1, 0.15) is 11.3 Å². The summed E-state index contributed by atoms with van der Waals surface area (Å²) in [5.41, 5.74) is 4.48. The van der Waals surface area contributed by atoms with Crippen LogP contribution in [0.3, 0.4) is 0 Å². The van der Waals surface area contributed by atoms with E-state index in [0.717, 1.165) is 42.6 Å². The van der Waals surface area contributed by atoms with E-state index in [0.29, 0.717) is 5.69 Å². The summed E-state index contributed by atoms with van der Waals surface area (Å²) in [4.78, 5) is 5.35. The van der Waals surface area contributed by atoms with E-state index < -0.39 is 10.0 Å². The van der Waals surface area contributed by atoms with E-state index in [1.165, 1.54) is 11.3 Å². The second-order valence-corrected chi connectivity index (χ2v) is 9.55. The predicted octanol–water partition coefficient (Wildman–Crippen LogP) is 4.71. The van der Waals surface area contributed by atoms with Crippen molar-refractivity contribution in [3.8, 4) is 11.1 Å². The smallest absolute Gasteiger partial charge is 0.229 e. The normalized spacial score (nSPS) is 11.8. The van der Waals surface area contributed by atoms with E-state index in [4.69, 9.17) is 0 Å². The first-order valence-corrected chi connectivity index (χ1v) is 10.4. The summed E-state index contributed by atoms with van der Waals surface area (Å²) in [7, 11) is -3.37. The molecule has 120 valence electrons. The van der Waals surface area contributed by atoms with Gasteiger partial charge in [0.05, 0.1) is 15.7 Å². The van der Waals surface area contributed by atoms with Crippen LogP contribution in [0.25, 0.3) is 21.3 Å². The molecule has 0 saturated carbocycles. The molecule has 0 aliphatic carbocycles. The van der Waals surface area contributed by atoms with Gasteiger partial charge in [-0.1, -0.05) is 29.8 Å². The van der Waals surface area contributed by atoms with Crippen LogP contribution >= 0.6 is 27.3 Å². The van der Waals surface area contributed by atoms with Crippen molar-refractivity contribution in [2.45, 2.75) is 13.8 Å². The van der Waals surface area contributed by atoms with Crippen molar-refractivity contribution >= 4 is 53.2 Å². The lowest BCUT2D eigenvalue weighted by Crippen LogP contribution is -2.10. The highest BCUT2D eigenvalue weighted by Crippen LogP contribution is 2.45. The number of hydrogen-bond acceptors (Lipinski definition) is 4. The molecule has 0 aliphatic heterocycles. The molecule has 0 bridgehead atoms. The lowest BCUT2D eigenvalue weighted by atomic mass is 10.0. The van der Waals surface area contributed by atoms with Gasteiger partial charge < -0.3 is 0 Å². The van der Waals surface area contributed by atoms with Crippen molar-refractivity contribution in [1.82, 2.24) is 4.98 Å². The number of benzene rings is 1. The number of anilines is 1. The van der Waals surface area contributed by atoms with Gasteiger partial charge in [0.2, 0.25) is 10.0 Å². The Balaban J connectivity index is 2.36. The first-order chi connectivity index (χ1) is 10.7. The molecule has 23 heavy (non-hydrogen) atoms. The number of nitrogens with one attached hydrogen (secondary N) is 1. The van der Waals surface area contributed by atoms with Crippen LogP contribution in [0.4, 0.5) is 5.69 Å². The number of halogens is 1. The van der Waals surface area contributed by atoms with Gasteiger partial charge in [0, 0.05) is 16.6 Å². The Hall–Kier alpha value is -1.44. The Labute approximate surface area is 147 Å². The van der Waals surface area contributed by atoms with Crippen LogP contribution < -0.4 is 4.72 Å². The number of aromatic nitrogens is 1. The number of fused-ring (bicyclic) bond motifs is 1. The molecule has 0 atom stereocenters. The molecule has 0 amide bonds. The van der Waals surface area contributed by atoms with Crippen LogP contribution in [0.5, 0.6) is 0 Å². The number of sulfonamides is 1.